The van der Waals surface area contributed by atoms with Gasteiger partial charge >= 0.3 is 0 Å². The summed E-state index contributed by atoms with van der Waals surface area (Å²) in [5.41, 5.74) is 1.77. The van der Waals surface area contributed by atoms with Crippen molar-refractivity contribution in [2.75, 3.05) is 11.4 Å². The van der Waals surface area contributed by atoms with Crippen LogP contribution in [0.2, 0.25) is 0 Å². The Morgan fingerprint density at radius 2 is 2.04 bits per heavy atom. The van der Waals surface area contributed by atoms with E-state index < -0.39 is 0 Å². The van der Waals surface area contributed by atoms with Gasteiger partial charge in [-0.3, -0.25) is 4.79 Å². The average molecular weight is 348 g/mol. The molecule has 0 aliphatic carbocycles. The molecule has 0 radical (unpaired) electrons. The molecule has 0 bridgehead atoms. The largest absolute Gasteiger partial charge is 0.334 e. The molecule has 6 nitrogen and oxygen atoms in total. The standard InChI is InChI=1S/C19H13FN4O2/c20-15-2-1-3-16(9-15)24-11-14(8-17(24)25)18-22-19(26-23-18)13-6-4-12(10-21)5-7-13/h1-7,9,14H,8,11H2/t14-/m0/s1. The van der Waals surface area contributed by atoms with Gasteiger partial charge in [0.05, 0.1) is 11.6 Å². The molecule has 2 aromatic carbocycles. The first kappa shape index (κ1) is 16.0. The fourth-order valence-electron chi connectivity index (χ4n) is 2.98. The summed E-state index contributed by atoms with van der Waals surface area (Å²) >= 11 is 0. The first-order chi connectivity index (χ1) is 12.6. The van der Waals surface area contributed by atoms with Crippen LogP contribution in [0.25, 0.3) is 11.5 Å². The van der Waals surface area contributed by atoms with Gasteiger partial charge in [-0.05, 0) is 42.5 Å². The molecule has 0 unspecified atom stereocenters. The normalized spacial score (nSPS) is 16.7. The number of hydrogen-bond acceptors (Lipinski definition) is 5. The lowest BCUT2D eigenvalue weighted by atomic mass is 10.1. The molecule has 26 heavy (non-hydrogen) atoms. The average Bonchev–Trinajstić information content (AvgIpc) is 3.29. The minimum absolute atomic E-state index is 0.106. The van der Waals surface area contributed by atoms with E-state index in [9.17, 15) is 9.18 Å². The van der Waals surface area contributed by atoms with Crippen molar-refractivity contribution in [3.8, 4) is 17.5 Å². The Balaban J connectivity index is 1.55. The number of carbonyl (C=O) groups is 1. The number of aromatic nitrogens is 2. The molecule has 2 heterocycles. The lowest BCUT2D eigenvalue weighted by Gasteiger charge is -2.15. The zero-order valence-corrected chi connectivity index (χ0v) is 13.6. The maximum Gasteiger partial charge on any atom is 0.257 e. The fraction of sp³-hybridized carbons (Fsp3) is 0.158. The lowest BCUT2D eigenvalue weighted by molar-refractivity contribution is -0.117. The van der Waals surface area contributed by atoms with Crippen LogP contribution in [0.1, 0.15) is 23.7 Å². The van der Waals surface area contributed by atoms with E-state index in [0.29, 0.717) is 35.1 Å². The molecule has 1 amide bonds. The molecule has 7 heteroatoms. The minimum atomic E-state index is -0.388. The van der Waals surface area contributed by atoms with E-state index in [1.165, 1.54) is 17.0 Å². The summed E-state index contributed by atoms with van der Waals surface area (Å²) in [6.07, 6.45) is 0.239. The Morgan fingerprint density at radius 1 is 1.23 bits per heavy atom. The Morgan fingerprint density at radius 3 is 2.77 bits per heavy atom. The van der Waals surface area contributed by atoms with Crippen LogP contribution in [0.15, 0.2) is 53.1 Å². The molecule has 1 aromatic heterocycles. The smallest absolute Gasteiger partial charge is 0.257 e. The predicted molar refractivity (Wildman–Crippen MR) is 90.6 cm³/mol. The van der Waals surface area contributed by atoms with Gasteiger partial charge in [0.2, 0.25) is 5.91 Å². The van der Waals surface area contributed by atoms with Crippen molar-refractivity contribution in [2.45, 2.75) is 12.3 Å². The molecule has 1 aliphatic rings. The van der Waals surface area contributed by atoms with E-state index in [1.807, 2.05) is 6.07 Å². The topological polar surface area (TPSA) is 83.0 Å². The van der Waals surface area contributed by atoms with E-state index in [0.717, 1.165) is 0 Å². The Kier molecular flexibility index (Phi) is 3.93. The molecule has 3 aromatic rings. The minimum Gasteiger partial charge on any atom is -0.334 e. The van der Waals surface area contributed by atoms with Gasteiger partial charge in [-0.1, -0.05) is 11.2 Å². The molecule has 0 N–H and O–H groups in total. The van der Waals surface area contributed by atoms with Crippen molar-refractivity contribution in [3.05, 3.63) is 65.7 Å². The summed E-state index contributed by atoms with van der Waals surface area (Å²) in [5.74, 6) is 0.0612. The Labute approximate surface area is 148 Å². The number of anilines is 1. The third kappa shape index (κ3) is 2.93. The molecule has 0 saturated carbocycles. The summed E-state index contributed by atoms with van der Waals surface area (Å²) < 4.78 is 18.7. The maximum atomic E-state index is 13.4. The van der Waals surface area contributed by atoms with Crippen LogP contribution >= 0.6 is 0 Å². The van der Waals surface area contributed by atoms with Crippen LogP contribution in [0, 0.1) is 17.1 Å². The molecule has 1 aliphatic heterocycles. The molecular weight excluding hydrogens is 335 g/mol. The second-order valence-electron chi connectivity index (χ2n) is 6.03. The molecule has 4 rings (SSSR count). The predicted octanol–water partition coefficient (Wildman–Crippen LogP) is 3.27. The highest BCUT2D eigenvalue weighted by Gasteiger charge is 2.34. The number of rotatable bonds is 3. The van der Waals surface area contributed by atoms with Gasteiger partial charge in [-0.25, -0.2) is 4.39 Å². The van der Waals surface area contributed by atoms with Crippen molar-refractivity contribution >= 4 is 11.6 Å². The highest BCUT2D eigenvalue weighted by molar-refractivity contribution is 5.96. The second kappa shape index (κ2) is 6.41. The fourth-order valence-corrected chi connectivity index (χ4v) is 2.98. The van der Waals surface area contributed by atoms with E-state index >= 15 is 0 Å². The molecule has 128 valence electrons. The molecular formula is C19H13FN4O2. The van der Waals surface area contributed by atoms with Crippen molar-refractivity contribution in [1.82, 2.24) is 10.1 Å². The van der Waals surface area contributed by atoms with Crippen molar-refractivity contribution < 1.29 is 13.7 Å². The van der Waals surface area contributed by atoms with Gasteiger partial charge in [0, 0.05) is 30.1 Å². The Hall–Kier alpha value is -3.53. The highest BCUT2D eigenvalue weighted by Crippen LogP contribution is 2.31. The first-order valence-electron chi connectivity index (χ1n) is 8.04. The summed E-state index contributed by atoms with van der Waals surface area (Å²) in [5, 5.41) is 12.8. The third-order valence-corrected chi connectivity index (χ3v) is 4.31. The SMILES string of the molecule is N#Cc1ccc(-c2nc([C@H]3CC(=O)N(c4cccc(F)c4)C3)no2)cc1. The van der Waals surface area contributed by atoms with Crippen LogP contribution in [0.3, 0.4) is 0 Å². The van der Waals surface area contributed by atoms with Gasteiger partial charge in [0.25, 0.3) is 5.89 Å². The van der Waals surface area contributed by atoms with Gasteiger partial charge in [-0.2, -0.15) is 10.2 Å². The van der Waals surface area contributed by atoms with Crippen LogP contribution in [0.5, 0.6) is 0 Å². The number of halogens is 1. The first-order valence-corrected chi connectivity index (χ1v) is 8.04. The van der Waals surface area contributed by atoms with E-state index in [-0.39, 0.29) is 24.1 Å². The number of nitriles is 1. The number of benzene rings is 2. The van der Waals surface area contributed by atoms with Crippen LogP contribution in [-0.4, -0.2) is 22.6 Å². The van der Waals surface area contributed by atoms with E-state index in [1.54, 1.807) is 36.4 Å². The van der Waals surface area contributed by atoms with E-state index in [2.05, 4.69) is 10.1 Å². The second-order valence-corrected chi connectivity index (χ2v) is 6.03. The number of amides is 1. The zero-order valence-electron chi connectivity index (χ0n) is 13.6. The van der Waals surface area contributed by atoms with Gasteiger partial charge in [-0.15, -0.1) is 0 Å². The van der Waals surface area contributed by atoms with Crippen molar-refractivity contribution in [3.63, 3.8) is 0 Å². The van der Waals surface area contributed by atoms with Crippen molar-refractivity contribution in [2.24, 2.45) is 0 Å². The van der Waals surface area contributed by atoms with Gasteiger partial charge in [0.1, 0.15) is 5.82 Å². The number of nitrogens with zero attached hydrogens (tertiary/aromatic N) is 4. The quantitative estimate of drug-likeness (QED) is 0.725. The molecule has 1 saturated heterocycles. The number of hydrogen-bond donors (Lipinski definition) is 0. The van der Waals surface area contributed by atoms with Crippen molar-refractivity contribution in [1.29, 1.82) is 5.26 Å². The third-order valence-electron chi connectivity index (χ3n) is 4.31. The monoisotopic (exact) mass is 348 g/mol. The van der Waals surface area contributed by atoms with Crippen LogP contribution in [0.4, 0.5) is 10.1 Å². The summed E-state index contributed by atoms with van der Waals surface area (Å²) in [6.45, 7) is 0.370. The van der Waals surface area contributed by atoms with Gasteiger partial charge in [0.15, 0.2) is 5.82 Å². The van der Waals surface area contributed by atoms with Crippen LogP contribution in [-0.2, 0) is 4.79 Å². The summed E-state index contributed by atoms with van der Waals surface area (Å²) in [6, 6.07) is 14.8. The molecule has 1 atom stereocenters. The van der Waals surface area contributed by atoms with E-state index in [4.69, 9.17) is 9.78 Å². The lowest BCUT2D eigenvalue weighted by Crippen LogP contribution is -2.24. The number of carbonyl (C=O) groups excluding carboxylic acids is 1. The molecule has 0 spiro atoms. The van der Waals surface area contributed by atoms with Crippen LogP contribution < -0.4 is 4.90 Å². The maximum absolute atomic E-state index is 13.4. The Bertz CT molecular complexity index is 1010. The highest BCUT2D eigenvalue weighted by atomic mass is 19.1. The summed E-state index contributed by atoms with van der Waals surface area (Å²) in [7, 11) is 0. The molecule has 1 fully saturated rings. The zero-order chi connectivity index (χ0) is 18.1. The summed E-state index contributed by atoms with van der Waals surface area (Å²) in [4.78, 5) is 18.2. The van der Waals surface area contributed by atoms with Gasteiger partial charge < -0.3 is 9.42 Å².